The van der Waals surface area contributed by atoms with E-state index in [1.54, 1.807) is 7.11 Å². The molecule has 3 N–H and O–H groups in total. The van der Waals surface area contributed by atoms with E-state index in [-0.39, 0.29) is 24.0 Å². The number of ether oxygens (including phenoxy) is 1. The molecule has 0 spiro atoms. The zero-order valence-electron chi connectivity index (χ0n) is 11.8. The molecule has 6 nitrogen and oxygen atoms in total. The Balaban J connectivity index is 1.55. The van der Waals surface area contributed by atoms with Crippen molar-refractivity contribution < 1.29 is 14.3 Å². The Kier molecular flexibility index (Phi) is 5.97. The fraction of sp³-hybridized carbons (Fsp3) is 0.846. The number of rotatable bonds is 8. The second-order valence-corrected chi connectivity index (χ2v) is 6.48. The number of thioether (sulfide) groups is 1. The summed E-state index contributed by atoms with van der Waals surface area (Å²) in [4.78, 5) is 22.8. The Hall–Kier alpha value is -0.950. The van der Waals surface area contributed by atoms with Crippen molar-refractivity contribution in [3.05, 3.63) is 0 Å². The lowest BCUT2D eigenvalue weighted by Crippen LogP contribution is -2.36. The maximum Gasteiger partial charge on any atom is 0.315 e. The van der Waals surface area contributed by atoms with Gasteiger partial charge in [0.05, 0.1) is 18.7 Å². The molecular formula is C13H23N3O3S. The fourth-order valence-electron chi connectivity index (χ4n) is 2.65. The minimum absolute atomic E-state index is 0.0391. The maximum atomic E-state index is 11.5. The predicted molar refractivity (Wildman–Crippen MR) is 78.8 cm³/mol. The Morgan fingerprint density at radius 3 is 3.10 bits per heavy atom. The van der Waals surface area contributed by atoms with Crippen LogP contribution in [0.5, 0.6) is 0 Å². The van der Waals surface area contributed by atoms with Crippen molar-refractivity contribution in [2.45, 2.75) is 43.0 Å². The van der Waals surface area contributed by atoms with E-state index in [0.29, 0.717) is 24.8 Å². The monoisotopic (exact) mass is 301 g/mol. The standard InChI is InChI=1S/C13H23N3O3S/c1-19-7-6-14-11(17)5-3-2-4-10-12-9(8-20-10)15-13(18)16-12/h9-10,12H,2-8H2,1H3,(H,14,17)(H2,15,16,18). The highest BCUT2D eigenvalue weighted by Gasteiger charge is 2.42. The molecule has 0 aliphatic carbocycles. The molecule has 114 valence electrons. The normalized spacial score (nSPS) is 27.9. The molecule has 0 aromatic carbocycles. The number of hydrogen-bond donors (Lipinski definition) is 3. The Morgan fingerprint density at radius 1 is 1.45 bits per heavy atom. The molecule has 0 aromatic rings. The van der Waals surface area contributed by atoms with Crippen LogP contribution in [0.2, 0.25) is 0 Å². The highest BCUT2D eigenvalue weighted by molar-refractivity contribution is 8.00. The molecule has 3 atom stereocenters. The van der Waals surface area contributed by atoms with Gasteiger partial charge in [0, 0.05) is 31.1 Å². The van der Waals surface area contributed by atoms with Crippen molar-refractivity contribution in [2.75, 3.05) is 26.0 Å². The summed E-state index contributed by atoms with van der Waals surface area (Å²) < 4.78 is 4.88. The zero-order chi connectivity index (χ0) is 14.4. The molecule has 2 aliphatic heterocycles. The Bertz CT molecular complexity index is 354. The van der Waals surface area contributed by atoms with Crippen LogP contribution >= 0.6 is 11.8 Å². The third-order valence-electron chi connectivity index (χ3n) is 3.71. The van der Waals surface area contributed by atoms with E-state index in [4.69, 9.17) is 4.74 Å². The van der Waals surface area contributed by atoms with Crippen molar-refractivity contribution in [3.63, 3.8) is 0 Å². The average molecular weight is 301 g/mol. The summed E-state index contributed by atoms with van der Waals surface area (Å²) in [5, 5.41) is 9.22. The van der Waals surface area contributed by atoms with Crippen molar-refractivity contribution in [3.8, 4) is 0 Å². The summed E-state index contributed by atoms with van der Waals surface area (Å²) in [6.45, 7) is 1.13. The Labute approximate surface area is 123 Å². The summed E-state index contributed by atoms with van der Waals surface area (Å²) in [5.41, 5.74) is 0. The Morgan fingerprint density at radius 2 is 2.30 bits per heavy atom. The molecule has 3 amide bonds. The van der Waals surface area contributed by atoms with Crippen LogP contribution in [0.1, 0.15) is 25.7 Å². The van der Waals surface area contributed by atoms with Gasteiger partial charge < -0.3 is 20.7 Å². The van der Waals surface area contributed by atoms with Gasteiger partial charge in [0.2, 0.25) is 5.91 Å². The highest BCUT2D eigenvalue weighted by Crippen LogP contribution is 2.33. The highest BCUT2D eigenvalue weighted by atomic mass is 32.2. The number of hydrogen-bond acceptors (Lipinski definition) is 4. The lowest BCUT2D eigenvalue weighted by molar-refractivity contribution is -0.121. The molecule has 20 heavy (non-hydrogen) atoms. The molecule has 0 aromatic heterocycles. The lowest BCUT2D eigenvalue weighted by atomic mass is 10.0. The van der Waals surface area contributed by atoms with E-state index in [2.05, 4.69) is 16.0 Å². The van der Waals surface area contributed by atoms with Crippen LogP contribution in [0.15, 0.2) is 0 Å². The molecule has 2 fully saturated rings. The average Bonchev–Trinajstić information content (AvgIpc) is 2.95. The third kappa shape index (κ3) is 4.28. The molecule has 2 aliphatic rings. The van der Waals surface area contributed by atoms with Gasteiger partial charge >= 0.3 is 6.03 Å². The second-order valence-electron chi connectivity index (χ2n) is 5.21. The van der Waals surface area contributed by atoms with Crippen molar-refractivity contribution in [1.82, 2.24) is 16.0 Å². The van der Waals surface area contributed by atoms with Crippen LogP contribution in [0.4, 0.5) is 4.79 Å². The number of nitrogens with one attached hydrogen (secondary N) is 3. The summed E-state index contributed by atoms with van der Waals surface area (Å²) in [6.07, 6.45) is 3.54. The topological polar surface area (TPSA) is 79.5 Å². The molecule has 2 saturated heterocycles. The van der Waals surface area contributed by atoms with Crippen molar-refractivity contribution >= 4 is 23.7 Å². The van der Waals surface area contributed by atoms with E-state index in [9.17, 15) is 9.59 Å². The fourth-order valence-corrected chi connectivity index (χ4v) is 4.20. The summed E-state index contributed by atoms with van der Waals surface area (Å²) >= 11 is 1.92. The predicted octanol–water partition coefficient (Wildman–Crippen LogP) is 0.475. The van der Waals surface area contributed by atoms with Crippen molar-refractivity contribution in [1.29, 1.82) is 0 Å². The van der Waals surface area contributed by atoms with Crippen LogP contribution in [0, 0.1) is 0 Å². The molecule has 7 heteroatoms. The molecule has 0 saturated carbocycles. The lowest BCUT2D eigenvalue weighted by Gasteiger charge is -2.16. The van der Waals surface area contributed by atoms with Crippen molar-refractivity contribution in [2.24, 2.45) is 0 Å². The molecular weight excluding hydrogens is 278 g/mol. The first-order valence-corrected chi connectivity index (χ1v) is 8.20. The first-order valence-electron chi connectivity index (χ1n) is 7.15. The van der Waals surface area contributed by atoms with Gasteiger partial charge in [-0.15, -0.1) is 0 Å². The van der Waals surface area contributed by atoms with Gasteiger partial charge in [0.15, 0.2) is 0 Å². The SMILES string of the molecule is COCCNC(=O)CCCCC1SCC2NC(=O)NC21. The van der Waals surface area contributed by atoms with Gasteiger partial charge in [-0.3, -0.25) is 4.79 Å². The molecule has 2 rings (SSSR count). The van der Waals surface area contributed by atoms with Gasteiger partial charge in [-0.25, -0.2) is 4.79 Å². The van der Waals surface area contributed by atoms with Gasteiger partial charge in [-0.1, -0.05) is 6.42 Å². The van der Waals surface area contributed by atoms with E-state index in [0.717, 1.165) is 25.0 Å². The van der Waals surface area contributed by atoms with E-state index in [1.807, 2.05) is 11.8 Å². The van der Waals surface area contributed by atoms with Crippen LogP contribution in [0.3, 0.4) is 0 Å². The number of fused-ring (bicyclic) bond motifs is 1. The van der Waals surface area contributed by atoms with Gasteiger partial charge in [-0.05, 0) is 12.8 Å². The van der Waals surface area contributed by atoms with Crippen LogP contribution < -0.4 is 16.0 Å². The van der Waals surface area contributed by atoms with Crippen LogP contribution in [-0.4, -0.2) is 55.3 Å². The number of carbonyl (C=O) groups is 2. The van der Waals surface area contributed by atoms with Gasteiger partial charge in [0.1, 0.15) is 0 Å². The first-order chi connectivity index (χ1) is 9.70. The van der Waals surface area contributed by atoms with Gasteiger partial charge in [-0.2, -0.15) is 11.8 Å². The number of amides is 3. The van der Waals surface area contributed by atoms with E-state index < -0.39 is 0 Å². The van der Waals surface area contributed by atoms with E-state index >= 15 is 0 Å². The summed E-state index contributed by atoms with van der Waals surface area (Å²) in [7, 11) is 1.62. The van der Waals surface area contributed by atoms with Crippen LogP contribution in [0.25, 0.3) is 0 Å². The number of urea groups is 1. The summed E-state index contributed by atoms with van der Waals surface area (Å²) in [6, 6.07) is 0.515. The molecule has 0 radical (unpaired) electrons. The van der Waals surface area contributed by atoms with E-state index in [1.165, 1.54) is 0 Å². The number of unbranched alkanes of at least 4 members (excludes halogenated alkanes) is 1. The summed E-state index contributed by atoms with van der Waals surface area (Å²) in [5.74, 6) is 1.08. The molecule has 3 unspecified atom stereocenters. The minimum Gasteiger partial charge on any atom is -0.383 e. The zero-order valence-corrected chi connectivity index (χ0v) is 12.6. The molecule has 0 bridgehead atoms. The van der Waals surface area contributed by atoms with Crippen LogP contribution in [-0.2, 0) is 9.53 Å². The molecule has 2 heterocycles. The van der Waals surface area contributed by atoms with Gasteiger partial charge in [0.25, 0.3) is 0 Å². The minimum atomic E-state index is -0.0391. The largest absolute Gasteiger partial charge is 0.383 e. The maximum absolute atomic E-state index is 11.5. The number of methoxy groups -OCH3 is 1. The smallest absolute Gasteiger partial charge is 0.315 e. The first kappa shape index (κ1) is 15.4. The third-order valence-corrected chi connectivity index (χ3v) is 5.22. The number of carbonyl (C=O) groups excluding carboxylic acids is 2. The quantitative estimate of drug-likeness (QED) is 0.450. The second kappa shape index (κ2) is 7.73.